The molecular weight excluding hydrogens is 178 g/mol. The Morgan fingerprint density at radius 3 is 1.64 bits per heavy atom. The van der Waals surface area contributed by atoms with Crippen LogP contribution >= 0.6 is 0 Å². The van der Waals surface area contributed by atoms with Crippen molar-refractivity contribution in [1.29, 1.82) is 0 Å². The molecule has 0 bridgehead atoms. The lowest BCUT2D eigenvalue weighted by molar-refractivity contribution is -0.119. The summed E-state index contributed by atoms with van der Waals surface area (Å²) in [7, 11) is 0. The number of ketones is 1. The predicted molar refractivity (Wildman–Crippen MR) is 55.6 cm³/mol. The van der Waals surface area contributed by atoms with Crippen molar-refractivity contribution >= 4 is 11.5 Å². The van der Waals surface area contributed by atoms with E-state index in [0.717, 1.165) is 0 Å². The van der Waals surface area contributed by atoms with Gasteiger partial charge in [0.25, 0.3) is 0 Å². The predicted octanol–water partition coefficient (Wildman–Crippen LogP) is 2.48. The molecule has 1 N–H and O–H groups in total. The molecule has 1 aliphatic rings. The fraction of sp³-hybridized carbons (Fsp3) is 0.818. The van der Waals surface area contributed by atoms with Crippen LogP contribution in [0.15, 0.2) is 5.16 Å². The molecule has 80 valence electrons. The minimum Gasteiger partial charge on any atom is -0.411 e. The van der Waals surface area contributed by atoms with Crippen LogP contribution in [0.5, 0.6) is 0 Å². The normalized spacial score (nSPS) is 27.1. The van der Waals surface area contributed by atoms with Gasteiger partial charge in [0.15, 0.2) is 5.78 Å². The lowest BCUT2D eigenvalue weighted by Gasteiger charge is -2.12. The van der Waals surface area contributed by atoms with Crippen LogP contribution in [0, 0.1) is 16.2 Å². The van der Waals surface area contributed by atoms with Gasteiger partial charge in [0.05, 0.1) is 0 Å². The highest BCUT2D eigenvalue weighted by Gasteiger charge is 2.77. The first-order valence-corrected chi connectivity index (χ1v) is 4.88. The van der Waals surface area contributed by atoms with Crippen molar-refractivity contribution in [2.24, 2.45) is 21.4 Å². The van der Waals surface area contributed by atoms with Gasteiger partial charge in [-0.2, -0.15) is 0 Å². The molecule has 1 fully saturated rings. The Morgan fingerprint density at radius 2 is 1.43 bits per heavy atom. The number of nitrogens with zero attached hydrogens (tertiary/aromatic N) is 1. The molecule has 1 rings (SSSR count). The lowest BCUT2D eigenvalue weighted by atomic mass is 9.89. The summed E-state index contributed by atoms with van der Waals surface area (Å²) >= 11 is 0. The topological polar surface area (TPSA) is 49.7 Å². The molecule has 0 atom stereocenters. The van der Waals surface area contributed by atoms with Crippen LogP contribution in [-0.2, 0) is 4.79 Å². The molecule has 0 amide bonds. The zero-order valence-corrected chi connectivity index (χ0v) is 9.80. The summed E-state index contributed by atoms with van der Waals surface area (Å²) in [6.45, 7) is 11.8. The van der Waals surface area contributed by atoms with E-state index in [1.807, 2.05) is 6.92 Å². The molecule has 1 saturated carbocycles. The second-order valence-electron chi connectivity index (χ2n) is 5.39. The molecule has 0 aromatic heterocycles. The Labute approximate surface area is 85.2 Å². The SMILES string of the molecule is C/C(=N/O)C(=O)C1(C)C(C)(C)C1(C)C. The first kappa shape index (κ1) is 11.2. The van der Waals surface area contributed by atoms with Crippen LogP contribution in [0.3, 0.4) is 0 Å². The maximum Gasteiger partial charge on any atom is 0.187 e. The molecule has 0 heterocycles. The smallest absolute Gasteiger partial charge is 0.187 e. The zero-order valence-electron chi connectivity index (χ0n) is 9.80. The van der Waals surface area contributed by atoms with E-state index in [9.17, 15) is 4.79 Å². The Hall–Kier alpha value is -0.860. The van der Waals surface area contributed by atoms with Gasteiger partial charge in [-0.05, 0) is 17.8 Å². The van der Waals surface area contributed by atoms with Crippen LogP contribution in [0.25, 0.3) is 0 Å². The van der Waals surface area contributed by atoms with Crippen molar-refractivity contribution in [2.75, 3.05) is 0 Å². The van der Waals surface area contributed by atoms with E-state index in [4.69, 9.17) is 5.21 Å². The maximum absolute atomic E-state index is 12.0. The maximum atomic E-state index is 12.0. The van der Waals surface area contributed by atoms with Gasteiger partial charge in [-0.3, -0.25) is 4.79 Å². The molecule has 0 saturated heterocycles. The average Bonchev–Trinajstić information content (AvgIpc) is 2.42. The van der Waals surface area contributed by atoms with Crippen LogP contribution in [-0.4, -0.2) is 16.7 Å². The Morgan fingerprint density at radius 1 is 1.07 bits per heavy atom. The van der Waals surface area contributed by atoms with E-state index in [1.54, 1.807) is 6.92 Å². The third kappa shape index (κ3) is 0.877. The fourth-order valence-electron chi connectivity index (χ4n) is 2.57. The number of rotatable bonds is 2. The summed E-state index contributed by atoms with van der Waals surface area (Å²) in [4.78, 5) is 12.0. The molecule has 0 radical (unpaired) electrons. The Bertz CT molecular complexity index is 299. The van der Waals surface area contributed by atoms with E-state index in [0.29, 0.717) is 0 Å². The molecule has 0 spiro atoms. The van der Waals surface area contributed by atoms with Gasteiger partial charge in [0.1, 0.15) is 5.71 Å². The molecule has 1 aliphatic carbocycles. The number of hydrogen-bond acceptors (Lipinski definition) is 3. The van der Waals surface area contributed by atoms with E-state index in [-0.39, 0.29) is 22.3 Å². The highest BCUT2D eigenvalue weighted by molar-refractivity contribution is 6.41. The van der Waals surface area contributed by atoms with Gasteiger partial charge in [-0.1, -0.05) is 39.8 Å². The number of oxime groups is 1. The molecule has 0 aromatic rings. The summed E-state index contributed by atoms with van der Waals surface area (Å²) in [5, 5.41) is 11.6. The van der Waals surface area contributed by atoms with Crippen molar-refractivity contribution in [2.45, 2.75) is 41.5 Å². The second-order valence-corrected chi connectivity index (χ2v) is 5.39. The monoisotopic (exact) mass is 197 g/mol. The largest absolute Gasteiger partial charge is 0.411 e. The number of carbonyl (C=O) groups excluding carboxylic acids is 1. The van der Waals surface area contributed by atoms with Crippen LogP contribution < -0.4 is 0 Å². The Balaban J connectivity index is 3.09. The standard InChI is InChI=1S/C11H19NO2/c1-7(12-14)8(13)11(6)9(2,3)10(11,4)5/h14H,1-6H3/b12-7-. The van der Waals surface area contributed by atoms with E-state index in [2.05, 4.69) is 32.9 Å². The molecular formula is C11H19NO2. The molecule has 3 heteroatoms. The quantitative estimate of drug-likeness (QED) is 0.420. The average molecular weight is 197 g/mol. The highest BCUT2D eigenvalue weighted by atomic mass is 16.4. The number of Topliss-reactive ketones (excluding diaryl/α,β-unsaturated/α-hetero) is 1. The molecule has 14 heavy (non-hydrogen) atoms. The summed E-state index contributed by atoms with van der Waals surface area (Å²) < 4.78 is 0. The number of hydrogen-bond donors (Lipinski definition) is 1. The molecule has 3 nitrogen and oxygen atoms in total. The summed E-state index contributed by atoms with van der Waals surface area (Å²) in [6.07, 6.45) is 0. The van der Waals surface area contributed by atoms with Crippen molar-refractivity contribution in [3.63, 3.8) is 0 Å². The van der Waals surface area contributed by atoms with Crippen molar-refractivity contribution in [3.05, 3.63) is 0 Å². The van der Waals surface area contributed by atoms with Gasteiger partial charge in [-0.25, -0.2) is 0 Å². The first-order valence-electron chi connectivity index (χ1n) is 4.88. The van der Waals surface area contributed by atoms with Gasteiger partial charge >= 0.3 is 0 Å². The minimum atomic E-state index is -0.406. The summed E-state index contributed by atoms with van der Waals surface area (Å²) in [6, 6.07) is 0. The third-order valence-electron chi connectivity index (χ3n) is 4.93. The fourth-order valence-corrected chi connectivity index (χ4v) is 2.57. The second kappa shape index (κ2) is 2.59. The van der Waals surface area contributed by atoms with Gasteiger partial charge < -0.3 is 5.21 Å². The molecule has 0 aliphatic heterocycles. The van der Waals surface area contributed by atoms with Crippen molar-refractivity contribution in [3.8, 4) is 0 Å². The minimum absolute atomic E-state index is 0.0387. The van der Waals surface area contributed by atoms with Gasteiger partial charge in [-0.15, -0.1) is 0 Å². The first-order chi connectivity index (χ1) is 6.14. The van der Waals surface area contributed by atoms with Crippen LogP contribution in [0.1, 0.15) is 41.5 Å². The Kier molecular flexibility index (Phi) is 2.07. The van der Waals surface area contributed by atoms with Gasteiger partial charge in [0, 0.05) is 5.41 Å². The summed E-state index contributed by atoms with van der Waals surface area (Å²) in [5.41, 5.74) is -0.284. The van der Waals surface area contributed by atoms with Crippen molar-refractivity contribution in [1.82, 2.24) is 0 Å². The van der Waals surface area contributed by atoms with E-state index < -0.39 is 5.41 Å². The zero-order chi connectivity index (χ0) is 11.4. The highest BCUT2D eigenvalue weighted by Crippen LogP contribution is 2.77. The molecule has 0 unspecified atom stereocenters. The van der Waals surface area contributed by atoms with E-state index in [1.165, 1.54) is 0 Å². The molecule has 0 aromatic carbocycles. The van der Waals surface area contributed by atoms with Crippen molar-refractivity contribution < 1.29 is 10.0 Å². The summed E-state index contributed by atoms with van der Waals surface area (Å²) in [5.74, 6) is -0.0463. The third-order valence-corrected chi connectivity index (χ3v) is 4.93. The van der Waals surface area contributed by atoms with Crippen LogP contribution in [0.2, 0.25) is 0 Å². The van der Waals surface area contributed by atoms with E-state index >= 15 is 0 Å². The van der Waals surface area contributed by atoms with Crippen LogP contribution in [0.4, 0.5) is 0 Å². The number of carbonyl (C=O) groups is 1. The lowest BCUT2D eigenvalue weighted by Crippen LogP contribution is -2.26. The van der Waals surface area contributed by atoms with Gasteiger partial charge in [0.2, 0.25) is 0 Å².